The summed E-state index contributed by atoms with van der Waals surface area (Å²) in [5.41, 5.74) is 0.701. The molecule has 17 heavy (non-hydrogen) atoms. The van der Waals surface area contributed by atoms with Crippen molar-refractivity contribution in [3.05, 3.63) is 30.0 Å². The van der Waals surface area contributed by atoms with E-state index < -0.39 is 11.6 Å². The van der Waals surface area contributed by atoms with Crippen LogP contribution in [0.4, 0.5) is 0 Å². The number of hydrogen-bond acceptors (Lipinski definition) is 3. The van der Waals surface area contributed by atoms with Crippen molar-refractivity contribution < 1.29 is 14.6 Å². The number of fused-ring (bicyclic) bond motifs is 1. The van der Waals surface area contributed by atoms with Crippen molar-refractivity contribution >= 4 is 16.9 Å². The Morgan fingerprint density at radius 2 is 2.06 bits per heavy atom. The third-order valence-corrected chi connectivity index (χ3v) is 2.28. The van der Waals surface area contributed by atoms with E-state index in [1.54, 1.807) is 24.4 Å². The molecular weight excluding hydrogens is 218 g/mol. The molecule has 0 amide bonds. The van der Waals surface area contributed by atoms with Crippen molar-refractivity contribution in [2.75, 3.05) is 0 Å². The Balaban J connectivity index is 2.42. The summed E-state index contributed by atoms with van der Waals surface area (Å²) in [6, 6.07) is 4.83. The Bertz CT molecular complexity index is 564. The summed E-state index contributed by atoms with van der Waals surface area (Å²) in [5.74, 6) is -0.267. The maximum atomic E-state index is 11.9. The van der Waals surface area contributed by atoms with E-state index in [1.165, 1.54) is 0 Å². The molecule has 4 nitrogen and oxygen atoms in total. The zero-order valence-corrected chi connectivity index (χ0v) is 10.1. The summed E-state index contributed by atoms with van der Waals surface area (Å²) in [7, 11) is 0. The summed E-state index contributed by atoms with van der Waals surface area (Å²) in [4.78, 5) is 14.9. The van der Waals surface area contributed by atoms with Gasteiger partial charge in [-0.1, -0.05) is 0 Å². The molecular formula is C13H15NO3. The third kappa shape index (κ3) is 2.41. The summed E-state index contributed by atoms with van der Waals surface area (Å²) in [6.07, 6.45) is 1.60. The number of esters is 1. The second kappa shape index (κ2) is 3.80. The van der Waals surface area contributed by atoms with Gasteiger partial charge in [-0.25, -0.2) is 4.79 Å². The molecule has 0 bridgehead atoms. The molecule has 2 N–H and O–H groups in total. The average Bonchev–Trinajstić information content (AvgIpc) is 2.57. The number of aromatic amines is 1. The topological polar surface area (TPSA) is 62.3 Å². The second-order valence-corrected chi connectivity index (χ2v) is 4.93. The van der Waals surface area contributed by atoms with Gasteiger partial charge in [-0.3, -0.25) is 0 Å². The average molecular weight is 233 g/mol. The number of hydrogen-bond donors (Lipinski definition) is 2. The molecule has 0 aliphatic carbocycles. The van der Waals surface area contributed by atoms with E-state index >= 15 is 0 Å². The maximum absolute atomic E-state index is 11.9. The lowest BCUT2D eigenvalue weighted by atomic mass is 10.1. The molecule has 0 spiro atoms. The highest BCUT2D eigenvalue weighted by Crippen LogP contribution is 2.24. The van der Waals surface area contributed by atoms with E-state index in [0.717, 1.165) is 5.52 Å². The number of carbonyl (C=O) groups is 1. The molecule has 1 aromatic carbocycles. The van der Waals surface area contributed by atoms with Crippen molar-refractivity contribution in [2.45, 2.75) is 26.4 Å². The van der Waals surface area contributed by atoms with Crippen LogP contribution in [0.1, 0.15) is 31.1 Å². The van der Waals surface area contributed by atoms with E-state index in [9.17, 15) is 9.90 Å². The lowest BCUT2D eigenvalue weighted by Gasteiger charge is -2.19. The van der Waals surface area contributed by atoms with Crippen LogP contribution < -0.4 is 0 Å². The quantitative estimate of drug-likeness (QED) is 0.744. The van der Waals surface area contributed by atoms with Crippen molar-refractivity contribution in [3.63, 3.8) is 0 Å². The van der Waals surface area contributed by atoms with Crippen molar-refractivity contribution in [3.8, 4) is 5.75 Å². The minimum Gasteiger partial charge on any atom is -0.508 e. The molecule has 0 fully saturated rings. The highest BCUT2D eigenvalue weighted by molar-refractivity contribution is 6.04. The molecule has 2 aromatic rings. The number of benzene rings is 1. The molecule has 0 aliphatic rings. The molecule has 0 saturated carbocycles. The van der Waals surface area contributed by atoms with Gasteiger partial charge in [-0.05, 0) is 39.0 Å². The first kappa shape index (κ1) is 11.5. The molecule has 1 aromatic heterocycles. The van der Waals surface area contributed by atoms with Crippen LogP contribution in [0, 0.1) is 0 Å². The first-order valence-electron chi connectivity index (χ1n) is 5.40. The molecule has 90 valence electrons. The van der Waals surface area contributed by atoms with E-state index in [-0.39, 0.29) is 5.75 Å². The number of aromatic nitrogens is 1. The number of rotatable bonds is 1. The van der Waals surface area contributed by atoms with E-state index in [2.05, 4.69) is 4.98 Å². The molecule has 2 rings (SSSR count). The number of carbonyl (C=O) groups excluding carboxylic acids is 1. The SMILES string of the molecule is CC(C)(C)OC(=O)c1c[nH]c2ccc(O)cc12. The van der Waals surface area contributed by atoms with E-state index in [1.807, 2.05) is 20.8 Å². The minimum atomic E-state index is -0.530. The lowest BCUT2D eigenvalue weighted by Crippen LogP contribution is -2.23. The lowest BCUT2D eigenvalue weighted by molar-refractivity contribution is 0.00719. The first-order chi connectivity index (χ1) is 7.87. The second-order valence-electron chi connectivity index (χ2n) is 4.93. The first-order valence-corrected chi connectivity index (χ1v) is 5.40. The molecule has 1 heterocycles. The van der Waals surface area contributed by atoms with Crippen LogP contribution in [-0.2, 0) is 4.74 Å². The maximum Gasteiger partial charge on any atom is 0.340 e. The van der Waals surface area contributed by atoms with Crippen LogP contribution in [0.3, 0.4) is 0 Å². The number of H-pyrrole nitrogens is 1. The summed E-state index contributed by atoms with van der Waals surface area (Å²) in [5, 5.41) is 10.1. The van der Waals surface area contributed by atoms with Crippen LogP contribution in [0.2, 0.25) is 0 Å². The van der Waals surface area contributed by atoms with Gasteiger partial charge in [0.2, 0.25) is 0 Å². The van der Waals surface area contributed by atoms with E-state index in [4.69, 9.17) is 4.74 Å². The third-order valence-electron chi connectivity index (χ3n) is 2.28. The van der Waals surface area contributed by atoms with Gasteiger partial charge >= 0.3 is 5.97 Å². The van der Waals surface area contributed by atoms with Gasteiger partial charge in [0.25, 0.3) is 0 Å². The van der Waals surface area contributed by atoms with Gasteiger partial charge in [0.1, 0.15) is 11.4 Å². The fraction of sp³-hybridized carbons (Fsp3) is 0.308. The van der Waals surface area contributed by atoms with Gasteiger partial charge in [-0.15, -0.1) is 0 Å². The molecule has 0 atom stereocenters. The van der Waals surface area contributed by atoms with Gasteiger partial charge in [0, 0.05) is 17.1 Å². The van der Waals surface area contributed by atoms with Crippen LogP contribution >= 0.6 is 0 Å². The van der Waals surface area contributed by atoms with Crippen molar-refractivity contribution in [1.29, 1.82) is 0 Å². The summed E-state index contributed by atoms with van der Waals surface area (Å²) in [6.45, 7) is 5.45. The Labute approximate surface area is 99.2 Å². The molecule has 0 unspecified atom stereocenters. The van der Waals surface area contributed by atoms with E-state index in [0.29, 0.717) is 10.9 Å². The summed E-state index contributed by atoms with van der Waals surface area (Å²) < 4.78 is 5.29. The monoisotopic (exact) mass is 233 g/mol. The molecule has 4 heteroatoms. The van der Waals surface area contributed by atoms with Gasteiger partial charge in [-0.2, -0.15) is 0 Å². The largest absolute Gasteiger partial charge is 0.508 e. The fourth-order valence-electron chi connectivity index (χ4n) is 1.61. The molecule has 0 aliphatic heterocycles. The minimum absolute atomic E-state index is 0.127. The van der Waals surface area contributed by atoms with Crippen molar-refractivity contribution in [2.24, 2.45) is 0 Å². The fourth-order valence-corrected chi connectivity index (χ4v) is 1.61. The van der Waals surface area contributed by atoms with Crippen LogP contribution in [0.25, 0.3) is 10.9 Å². The van der Waals surface area contributed by atoms with Gasteiger partial charge < -0.3 is 14.8 Å². The summed E-state index contributed by atoms with van der Waals surface area (Å²) >= 11 is 0. The van der Waals surface area contributed by atoms with Crippen LogP contribution in [-0.4, -0.2) is 21.7 Å². The van der Waals surface area contributed by atoms with Crippen molar-refractivity contribution in [1.82, 2.24) is 4.98 Å². The number of nitrogens with one attached hydrogen (secondary N) is 1. The molecule has 0 radical (unpaired) electrons. The van der Waals surface area contributed by atoms with Crippen LogP contribution in [0.15, 0.2) is 24.4 Å². The predicted molar refractivity (Wildman–Crippen MR) is 65.1 cm³/mol. The standard InChI is InChI=1S/C13H15NO3/c1-13(2,3)17-12(16)10-7-14-11-5-4-8(15)6-9(10)11/h4-7,14-15H,1-3H3. The highest BCUT2D eigenvalue weighted by Gasteiger charge is 2.20. The Hall–Kier alpha value is -1.97. The number of aromatic hydroxyl groups is 1. The number of phenols is 1. The Morgan fingerprint density at radius 1 is 1.35 bits per heavy atom. The van der Waals surface area contributed by atoms with Crippen LogP contribution in [0.5, 0.6) is 5.75 Å². The predicted octanol–water partition coefficient (Wildman–Crippen LogP) is 2.83. The zero-order valence-electron chi connectivity index (χ0n) is 10.1. The molecule has 0 saturated heterocycles. The van der Waals surface area contributed by atoms with Gasteiger partial charge in [0.15, 0.2) is 0 Å². The number of phenolic OH excluding ortho intramolecular Hbond substituents is 1. The normalized spacial score (nSPS) is 11.7. The highest BCUT2D eigenvalue weighted by atomic mass is 16.6. The smallest absolute Gasteiger partial charge is 0.340 e. The Morgan fingerprint density at radius 3 is 2.71 bits per heavy atom. The van der Waals surface area contributed by atoms with Gasteiger partial charge in [0.05, 0.1) is 5.56 Å². The number of ether oxygens (including phenoxy) is 1. The zero-order chi connectivity index (χ0) is 12.6. The Kier molecular flexibility index (Phi) is 2.58.